The number of anilines is 3. The van der Waals surface area contributed by atoms with E-state index in [1.165, 1.54) is 44.6 Å². The number of hydrogen-bond acceptors (Lipinski definition) is 1. The Morgan fingerprint density at radius 1 is 0.410 bits per heavy atom. The number of benzene rings is 6. The van der Waals surface area contributed by atoms with E-state index >= 15 is 0 Å². The van der Waals surface area contributed by atoms with Crippen LogP contribution in [0.1, 0.15) is 22.3 Å². The largest absolute Gasteiger partial charge is 0.310 e. The second-order valence-corrected chi connectivity index (χ2v) is 10.6. The van der Waals surface area contributed by atoms with Crippen LogP contribution in [0.2, 0.25) is 5.02 Å². The fraction of sp³-hybridized carbons (Fsp3) is 0.0270. The van der Waals surface area contributed by atoms with Crippen LogP contribution >= 0.6 is 11.6 Å². The average molecular weight is 518 g/mol. The monoisotopic (exact) mass is 517 g/mol. The van der Waals surface area contributed by atoms with Crippen LogP contribution in [-0.2, 0) is 5.41 Å². The molecule has 1 unspecified atom stereocenters. The summed E-state index contributed by atoms with van der Waals surface area (Å²) in [6.07, 6.45) is 0. The maximum atomic E-state index is 6.95. The molecule has 6 aromatic carbocycles. The Bertz CT molecular complexity index is 1840. The minimum atomic E-state index is -0.433. The van der Waals surface area contributed by atoms with Crippen LogP contribution in [0.5, 0.6) is 0 Å². The number of rotatable bonds is 3. The first-order chi connectivity index (χ1) is 19.3. The molecule has 0 bridgehead atoms. The van der Waals surface area contributed by atoms with E-state index in [1.54, 1.807) is 0 Å². The molecule has 1 spiro atoms. The van der Waals surface area contributed by atoms with Crippen LogP contribution in [0.15, 0.2) is 146 Å². The van der Waals surface area contributed by atoms with Gasteiger partial charge in [-0.15, -0.1) is 0 Å². The van der Waals surface area contributed by atoms with Crippen LogP contribution in [0.25, 0.3) is 22.3 Å². The SMILES string of the molecule is Clc1cccc2c1-c1ccccc1C21c2ccccc2-c2c(N(c3ccccc3)c3ccccc3)cccc21. The highest BCUT2D eigenvalue weighted by Crippen LogP contribution is 2.65. The Balaban J connectivity index is 1.51. The van der Waals surface area contributed by atoms with Crippen molar-refractivity contribution in [1.82, 2.24) is 0 Å². The quantitative estimate of drug-likeness (QED) is 0.225. The van der Waals surface area contributed by atoms with Crippen LogP contribution in [0, 0.1) is 0 Å². The Labute approximate surface area is 233 Å². The zero-order valence-corrected chi connectivity index (χ0v) is 21.9. The van der Waals surface area contributed by atoms with E-state index in [9.17, 15) is 0 Å². The minimum Gasteiger partial charge on any atom is -0.310 e. The topological polar surface area (TPSA) is 3.24 Å². The summed E-state index contributed by atoms with van der Waals surface area (Å²) in [5.41, 5.74) is 13.0. The molecule has 0 radical (unpaired) electrons. The van der Waals surface area contributed by atoms with E-state index in [0.29, 0.717) is 0 Å². The van der Waals surface area contributed by atoms with E-state index in [-0.39, 0.29) is 0 Å². The van der Waals surface area contributed by atoms with Gasteiger partial charge in [-0.3, -0.25) is 0 Å². The molecular formula is C37H24ClN. The van der Waals surface area contributed by atoms with Crippen molar-refractivity contribution in [2.45, 2.75) is 5.41 Å². The summed E-state index contributed by atoms with van der Waals surface area (Å²) >= 11 is 6.95. The predicted molar refractivity (Wildman–Crippen MR) is 162 cm³/mol. The van der Waals surface area contributed by atoms with Gasteiger partial charge in [0, 0.05) is 27.5 Å². The predicted octanol–water partition coefficient (Wildman–Crippen LogP) is 10.2. The van der Waals surface area contributed by atoms with E-state index in [0.717, 1.165) is 22.0 Å². The van der Waals surface area contributed by atoms with Crippen molar-refractivity contribution >= 4 is 28.7 Å². The molecule has 0 aromatic heterocycles. The van der Waals surface area contributed by atoms with Crippen LogP contribution in [0.4, 0.5) is 17.1 Å². The smallest absolute Gasteiger partial charge is 0.0726 e. The highest BCUT2D eigenvalue weighted by Gasteiger charge is 2.52. The molecule has 0 aliphatic heterocycles. The molecule has 0 N–H and O–H groups in total. The number of para-hydroxylation sites is 2. The van der Waals surface area contributed by atoms with Gasteiger partial charge in [-0.25, -0.2) is 0 Å². The number of halogens is 1. The van der Waals surface area contributed by atoms with Crippen molar-refractivity contribution in [3.8, 4) is 22.3 Å². The van der Waals surface area contributed by atoms with Crippen LogP contribution in [0.3, 0.4) is 0 Å². The molecule has 2 aliphatic carbocycles. The maximum Gasteiger partial charge on any atom is 0.0726 e. The third-order valence-electron chi connectivity index (χ3n) is 8.33. The second-order valence-electron chi connectivity index (χ2n) is 10.2. The summed E-state index contributed by atoms with van der Waals surface area (Å²) in [4.78, 5) is 2.38. The van der Waals surface area contributed by atoms with E-state index in [2.05, 4.69) is 144 Å². The lowest BCUT2D eigenvalue weighted by molar-refractivity contribution is 0.794. The molecule has 2 aliphatic rings. The lowest BCUT2D eigenvalue weighted by Crippen LogP contribution is -2.26. The summed E-state index contributed by atoms with van der Waals surface area (Å²) in [5.74, 6) is 0. The van der Waals surface area contributed by atoms with Crippen molar-refractivity contribution in [3.05, 3.63) is 173 Å². The van der Waals surface area contributed by atoms with E-state index in [1.807, 2.05) is 6.07 Å². The highest BCUT2D eigenvalue weighted by atomic mass is 35.5. The molecule has 6 aromatic rings. The molecule has 0 saturated heterocycles. The molecule has 2 heteroatoms. The van der Waals surface area contributed by atoms with Gasteiger partial charge in [0.2, 0.25) is 0 Å². The van der Waals surface area contributed by atoms with Gasteiger partial charge < -0.3 is 4.90 Å². The van der Waals surface area contributed by atoms with Crippen molar-refractivity contribution in [2.24, 2.45) is 0 Å². The summed E-state index contributed by atoms with van der Waals surface area (Å²) in [6, 6.07) is 52.2. The summed E-state index contributed by atoms with van der Waals surface area (Å²) in [5, 5.41) is 0.800. The van der Waals surface area contributed by atoms with Crippen molar-refractivity contribution < 1.29 is 0 Å². The normalized spacial score (nSPS) is 15.9. The third-order valence-corrected chi connectivity index (χ3v) is 8.65. The lowest BCUT2D eigenvalue weighted by atomic mass is 9.70. The van der Waals surface area contributed by atoms with Gasteiger partial charge in [0.25, 0.3) is 0 Å². The number of nitrogens with zero attached hydrogens (tertiary/aromatic N) is 1. The molecule has 0 saturated carbocycles. The van der Waals surface area contributed by atoms with E-state index < -0.39 is 5.41 Å². The van der Waals surface area contributed by atoms with Crippen LogP contribution in [-0.4, -0.2) is 0 Å². The van der Waals surface area contributed by atoms with Gasteiger partial charge in [0.1, 0.15) is 0 Å². The Morgan fingerprint density at radius 3 is 1.49 bits per heavy atom. The van der Waals surface area contributed by atoms with Crippen molar-refractivity contribution in [1.29, 1.82) is 0 Å². The van der Waals surface area contributed by atoms with Gasteiger partial charge in [0.15, 0.2) is 0 Å². The second kappa shape index (κ2) is 8.46. The van der Waals surface area contributed by atoms with Gasteiger partial charge in [0.05, 0.1) is 11.1 Å². The fourth-order valence-electron chi connectivity index (χ4n) is 6.94. The Morgan fingerprint density at radius 2 is 0.872 bits per heavy atom. The molecule has 1 nitrogen and oxygen atoms in total. The fourth-order valence-corrected chi connectivity index (χ4v) is 7.22. The summed E-state index contributed by atoms with van der Waals surface area (Å²) in [6.45, 7) is 0. The van der Waals surface area contributed by atoms with Gasteiger partial charge in [-0.05, 0) is 69.8 Å². The van der Waals surface area contributed by atoms with Crippen LogP contribution < -0.4 is 4.90 Å². The molecule has 0 amide bonds. The molecule has 39 heavy (non-hydrogen) atoms. The zero-order valence-electron chi connectivity index (χ0n) is 21.2. The van der Waals surface area contributed by atoms with Gasteiger partial charge in [-0.1, -0.05) is 121 Å². The first-order valence-corrected chi connectivity index (χ1v) is 13.7. The van der Waals surface area contributed by atoms with Gasteiger partial charge >= 0.3 is 0 Å². The molecular weight excluding hydrogens is 494 g/mol. The molecule has 1 atom stereocenters. The zero-order chi connectivity index (χ0) is 26.0. The standard InChI is InChI=1S/C37H24ClN/c38-33-23-11-21-31-35(33)27-17-7-9-19-29(27)37(31)30-20-10-8-18-28(30)36-32(37)22-12-24-34(36)39(25-13-3-1-4-14-25)26-15-5-2-6-16-26/h1-24H. The van der Waals surface area contributed by atoms with Crippen molar-refractivity contribution in [2.75, 3.05) is 4.90 Å². The Kier molecular flexibility index (Phi) is 4.86. The minimum absolute atomic E-state index is 0.433. The lowest BCUT2D eigenvalue weighted by Gasteiger charge is -2.31. The first-order valence-electron chi connectivity index (χ1n) is 13.3. The van der Waals surface area contributed by atoms with E-state index in [4.69, 9.17) is 11.6 Å². The molecule has 8 rings (SSSR count). The first kappa shape index (κ1) is 22.4. The molecule has 184 valence electrons. The summed E-state index contributed by atoms with van der Waals surface area (Å²) in [7, 11) is 0. The summed E-state index contributed by atoms with van der Waals surface area (Å²) < 4.78 is 0. The van der Waals surface area contributed by atoms with Crippen molar-refractivity contribution in [3.63, 3.8) is 0 Å². The third kappa shape index (κ3) is 2.97. The highest BCUT2D eigenvalue weighted by molar-refractivity contribution is 6.34. The Hall–Kier alpha value is -4.59. The molecule has 0 fully saturated rings. The maximum absolute atomic E-state index is 6.95. The number of hydrogen-bond donors (Lipinski definition) is 0. The van der Waals surface area contributed by atoms with Gasteiger partial charge in [-0.2, -0.15) is 0 Å². The average Bonchev–Trinajstić information content (AvgIpc) is 3.47. The molecule has 0 heterocycles. The number of fused-ring (bicyclic) bond motifs is 10.